The molecule has 3 heterocycles. The van der Waals surface area contributed by atoms with Gasteiger partial charge in [-0.1, -0.05) is 0 Å². The van der Waals surface area contributed by atoms with Crippen molar-refractivity contribution in [1.82, 2.24) is 19.5 Å². The Hall–Kier alpha value is 0.250. The molecule has 3 rings (SSSR count). The molecule has 2 aromatic heterocycles. The zero-order chi connectivity index (χ0) is 20.0. The van der Waals surface area contributed by atoms with Crippen molar-refractivity contribution in [3.05, 3.63) is 12.7 Å². The Morgan fingerprint density at radius 2 is 1.51 bits per heavy atom. The fourth-order valence-corrected chi connectivity index (χ4v) is 4.08. The summed E-state index contributed by atoms with van der Waals surface area (Å²) in [4.78, 5) is 38.1. The summed E-state index contributed by atoms with van der Waals surface area (Å²) in [6, 6.07) is 0. The van der Waals surface area contributed by atoms with Crippen LogP contribution in [0.1, 0.15) is 6.23 Å². The normalized spacial score (nSPS) is 22.0. The predicted octanol–water partition coefficient (Wildman–Crippen LogP) is -7.99. The second kappa shape index (κ2) is 18.5. The van der Waals surface area contributed by atoms with Crippen LogP contribution in [0.2, 0.25) is 0 Å². The van der Waals surface area contributed by atoms with Gasteiger partial charge in [-0.2, -0.15) is 4.31 Å². The molecule has 0 amide bonds. The number of aliphatic hydroxyl groups excluding tert-OH is 2. The number of fused-ring (bicyclic) bond motifs is 1. The van der Waals surface area contributed by atoms with Crippen LogP contribution in [0.5, 0.6) is 0 Å². The fourth-order valence-electron chi connectivity index (χ4n) is 2.48. The molecule has 1 saturated heterocycles. The first-order valence-electron chi connectivity index (χ1n) is 7.17. The number of aliphatic hydroxyl groups is 2. The van der Waals surface area contributed by atoms with E-state index in [4.69, 9.17) is 20.3 Å². The van der Waals surface area contributed by atoms with Gasteiger partial charge >= 0.3 is 74.8 Å². The summed E-state index contributed by atoms with van der Waals surface area (Å²) in [6.07, 6.45) is -3.20. The van der Waals surface area contributed by atoms with Crippen molar-refractivity contribution in [3.8, 4) is 0 Å². The number of nitrogens with zero attached hydrogens (tertiary/aromatic N) is 4. The number of hydrogen-bond donors (Lipinski definition) is 6. The minimum absolute atomic E-state index is 0. The Balaban J connectivity index is -0.000000263. The van der Waals surface area contributed by atoms with E-state index in [9.17, 15) is 24.2 Å². The van der Waals surface area contributed by atoms with Crippen molar-refractivity contribution in [2.24, 2.45) is 0 Å². The van der Waals surface area contributed by atoms with Crippen molar-refractivity contribution < 1.29 is 80.5 Å². The van der Waals surface area contributed by atoms with Crippen molar-refractivity contribution >= 4 is 91.7 Å². The van der Waals surface area contributed by atoms with E-state index in [-0.39, 0.29) is 109 Å². The van der Waals surface area contributed by atoms with Gasteiger partial charge in [0.15, 0.2) is 17.7 Å². The van der Waals surface area contributed by atoms with Gasteiger partial charge in [-0.25, -0.2) is 24.1 Å². The monoisotopic (exact) mass is 583 g/mol. The molecule has 1 aliphatic heterocycles. The number of nitrogen functional groups attached to an aromatic ring is 1. The third-order valence-corrected chi connectivity index (χ3v) is 5.76. The second-order valence-corrected chi connectivity index (χ2v) is 8.30. The first kappa shape index (κ1) is 48.3. The van der Waals surface area contributed by atoms with E-state index in [2.05, 4.69) is 23.8 Å². The molecular weight excluding hydrogens is 554 g/mol. The van der Waals surface area contributed by atoms with Crippen LogP contribution in [0.15, 0.2) is 12.7 Å². The molecule has 3 unspecified atom stereocenters. The summed E-state index contributed by atoms with van der Waals surface area (Å²) >= 11 is 0. The van der Waals surface area contributed by atoms with Crippen LogP contribution in [0.3, 0.4) is 0 Å². The first-order chi connectivity index (χ1) is 12.5. The number of ether oxygens (including phenoxy) is 1. The summed E-state index contributed by atoms with van der Waals surface area (Å²) in [6.45, 7) is -0.813. The Morgan fingerprint density at radius 1 is 0.971 bits per heavy atom. The standard InChI is InChI=1S/C10H15N5O10P2.2Na.6H2O.2H/c11-8-5-9(13-2-12-8)15(3-14-5)10-7(17)6(16)4(24-10)1-23-27(21,22)25-26(18,19)20;;;;;;;;;;/h2-4,6-7,10,16-17H,1H2,(H,21,22)(H2,11,12,13)(H2,18,19,20);;;6*1H2;;/t4-,6?,7?,10-;;;;;;;;;;/m1........../s1. The van der Waals surface area contributed by atoms with E-state index in [0.717, 1.165) is 6.33 Å². The van der Waals surface area contributed by atoms with Crippen molar-refractivity contribution in [3.63, 3.8) is 0 Å². The van der Waals surface area contributed by atoms with Gasteiger partial charge in [0.2, 0.25) is 0 Å². The van der Waals surface area contributed by atoms with Crippen molar-refractivity contribution in [2.75, 3.05) is 12.3 Å². The van der Waals surface area contributed by atoms with E-state index in [1.54, 1.807) is 0 Å². The van der Waals surface area contributed by atoms with E-state index >= 15 is 0 Å². The van der Waals surface area contributed by atoms with Crippen LogP contribution in [-0.2, 0) is 22.7 Å². The molecule has 5 atom stereocenters. The van der Waals surface area contributed by atoms with Crippen LogP contribution >= 0.6 is 15.6 Å². The molecule has 21 nitrogen and oxygen atoms in total. The Labute approximate surface area is 239 Å². The molecular formula is C10H29N5Na2O16P2. The van der Waals surface area contributed by atoms with Gasteiger partial charge in [0.25, 0.3) is 0 Å². The van der Waals surface area contributed by atoms with Gasteiger partial charge in [-0.05, 0) is 0 Å². The number of phosphoric acid groups is 2. The fraction of sp³-hybridized carbons (Fsp3) is 0.500. The molecule has 19 N–H and O–H groups in total. The van der Waals surface area contributed by atoms with E-state index < -0.39 is 46.8 Å². The molecule has 2 aromatic rings. The number of rotatable bonds is 6. The molecule has 0 aliphatic carbocycles. The number of aromatic nitrogens is 4. The maximum atomic E-state index is 11.5. The Kier molecular flexibility index (Phi) is 25.5. The zero-order valence-corrected chi connectivity index (χ0v) is 18.0. The second-order valence-electron chi connectivity index (χ2n) is 5.47. The summed E-state index contributed by atoms with van der Waals surface area (Å²) in [5, 5.41) is 20.3. The molecule has 25 heteroatoms. The van der Waals surface area contributed by atoms with Gasteiger partial charge in [0.1, 0.15) is 30.2 Å². The number of nitrogens with two attached hydrogens (primary N) is 1. The summed E-state index contributed by atoms with van der Waals surface area (Å²) in [7, 11) is -10.4. The Morgan fingerprint density at radius 3 is 2.03 bits per heavy atom. The number of anilines is 1. The zero-order valence-electron chi connectivity index (χ0n) is 16.2. The van der Waals surface area contributed by atoms with Crippen LogP contribution in [0.4, 0.5) is 5.82 Å². The molecule has 202 valence electrons. The first-order valence-corrected chi connectivity index (χ1v) is 10.2. The Bertz CT molecular complexity index is 951. The average molecular weight is 583 g/mol. The van der Waals surface area contributed by atoms with Crippen molar-refractivity contribution in [1.29, 1.82) is 0 Å². The molecule has 1 fully saturated rings. The number of hydrogen-bond acceptors (Lipinski definition) is 11. The number of imidazole rings is 1. The van der Waals surface area contributed by atoms with Gasteiger partial charge in [0.05, 0.1) is 12.9 Å². The summed E-state index contributed by atoms with van der Waals surface area (Å²) in [5.74, 6) is 0.0856. The van der Waals surface area contributed by atoms with Crippen molar-refractivity contribution in [2.45, 2.75) is 24.5 Å². The quantitative estimate of drug-likeness (QED) is 0.136. The predicted molar refractivity (Wildman–Crippen MR) is 121 cm³/mol. The van der Waals surface area contributed by atoms with Crippen LogP contribution < -0.4 is 5.73 Å². The minimum atomic E-state index is -5.29. The summed E-state index contributed by atoms with van der Waals surface area (Å²) < 4.78 is 36.8. The third kappa shape index (κ3) is 11.7. The van der Waals surface area contributed by atoms with Gasteiger partial charge in [0, 0.05) is 0 Å². The average Bonchev–Trinajstić information content (AvgIpc) is 3.07. The van der Waals surface area contributed by atoms with Gasteiger partial charge < -0.3 is 68.2 Å². The van der Waals surface area contributed by atoms with E-state index in [1.165, 1.54) is 10.9 Å². The molecule has 0 spiro atoms. The third-order valence-electron chi connectivity index (χ3n) is 3.61. The molecule has 0 bridgehead atoms. The number of phosphoric ester groups is 1. The van der Waals surface area contributed by atoms with Gasteiger partial charge in [-0.3, -0.25) is 9.09 Å². The van der Waals surface area contributed by atoms with E-state index in [0.29, 0.717) is 0 Å². The maximum absolute atomic E-state index is 11.5. The SMILES string of the molecule is Nc1ncnc2c1ncn2[C@@H]1O[C@H](COP(=O)(O)OP(=O)(O)O)C(O)C1O.O.O.O.O.O.O.[NaH].[NaH]. The van der Waals surface area contributed by atoms with E-state index in [1.807, 2.05) is 0 Å². The van der Waals surface area contributed by atoms with Crippen LogP contribution in [-0.4, -0.2) is 161 Å². The summed E-state index contributed by atoms with van der Waals surface area (Å²) in [5.41, 5.74) is 6.11. The molecule has 0 aromatic carbocycles. The van der Waals surface area contributed by atoms with Gasteiger partial charge in [-0.15, -0.1) is 0 Å². The molecule has 35 heavy (non-hydrogen) atoms. The molecule has 0 radical (unpaired) electrons. The molecule has 1 aliphatic rings. The topological polar surface area (TPSA) is 422 Å². The van der Waals surface area contributed by atoms with Crippen LogP contribution in [0.25, 0.3) is 11.2 Å². The molecule has 0 saturated carbocycles. The van der Waals surface area contributed by atoms with Crippen LogP contribution in [0, 0.1) is 0 Å².